The summed E-state index contributed by atoms with van der Waals surface area (Å²) in [4.78, 5) is 11.0. The number of hydrogen-bond acceptors (Lipinski definition) is 5. The Morgan fingerprint density at radius 1 is 1.26 bits per heavy atom. The smallest absolute Gasteiger partial charge is 0.181 e. The number of aryl methyl sites for hydroxylation is 1. The Hall–Kier alpha value is -2.31. The molecule has 4 aromatic heterocycles. The van der Waals surface area contributed by atoms with E-state index in [0.717, 1.165) is 37.4 Å². The van der Waals surface area contributed by atoms with Gasteiger partial charge in [0.1, 0.15) is 4.83 Å². The standard InChI is InChI=1S/C17H16N4OS/c1-3-14(22)15-7-10-4-5-13(19-17(10)23-15)11-6-12-9-21(2)20-16(12)18-8-11/h4-9,14,22H,3H2,1-2H3. The monoisotopic (exact) mass is 324 g/mol. The lowest BCUT2D eigenvalue weighted by molar-refractivity contribution is 0.177. The van der Waals surface area contributed by atoms with Crippen LogP contribution in [0, 0.1) is 0 Å². The highest BCUT2D eigenvalue weighted by molar-refractivity contribution is 7.18. The number of aliphatic hydroxyl groups excluding tert-OH is 1. The molecular formula is C17H16N4OS. The number of aromatic nitrogens is 4. The Morgan fingerprint density at radius 2 is 2.13 bits per heavy atom. The van der Waals surface area contributed by atoms with Gasteiger partial charge in [-0.25, -0.2) is 9.97 Å². The molecule has 0 saturated carbocycles. The van der Waals surface area contributed by atoms with Gasteiger partial charge < -0.3 is 5.11 Å². The van der Waals surface area contributed by atoms with Crippen LogP contribution in [0.4, 0.5) is 0 Å². The Morgan fingerprint density at radius 3 is 2.96 bits per heavy atom. The minimum Gasteiger partial charge on any atom is -0.388 e. The van der Waals surface area contributed by atoms with Crippen molar-refractivity contribution in [1.29, 1.82) is 0 Å². The van der Waals surface area contributed by atoms with Crippen LogP contribution in [-0.4, -0.2) is 24.9 Å². The lowest BCUT2D eigenvalue weighted by Gasteiger charge is -2.01. The molecule has 0 spiro atoms. The van der Waals surface area contributed by atoms with E-state index < -0.39 is 6.10 Å². The minimum absolute atomic E-state index is 0.411. The van der Waals surface area contributed by atoms with Crippen LogP contribution in [0.1, 0.15) is 24.3 Å². The van der Waals surface area contributed by atoms with Crippen molar-refractivity contribution in [2.45, 2.75) is 19.4 Å². The van der Waals surface area contributed by atoms with Crippen LogP contribution in [0.15, 0.2) is 36.7 Å². The molecule has 0 aliphatic rings. The second-order valence-corrected chi connectivity index (χ2v) is 6.67. The summed E-state index contributed by atoms with van der Waals surface area (Å²) < 4.78 is 1.76. The fourth-order valence-electron chi connectivity index (χ4n) is 2.64. The number of hydrogen-bond donors (Lipinski definition) is 1. The van der Waals surface area contributed by atoms with Crippen molar-refractivity contribution in [2.75, 3.05) is 0 Å². The molecule has 4 rings (SSSR count). The molecule has 4 heterocycles. The van der Waals surface area contributed by atoms with E-state index in [2.05, 4.69) is 16.1 Å². The molecule has 1 unspecified atom stereocenters. The fourth-order valence-corrected chi connectivity index (χ4v) is 3.74. The topological polar surface area (TPSA) is 63.8 Å². The predicted molar refractivity (Wildman–Crippen MR) is 92.4 cm³/mol. The summed E-state index contributed by atoms with van der Waals surface area (Å²) in [6, 6.07) is 8.12. The van der Waals surface area contributed by atoms with E-state index in [0.29, 0.717) is 6.42 Å². The summed E-state index contributed by atoms with van der Waals surface area (Å²) in [6.07, 6.45) is 4.05. The van der Waals surface area contributed by atoms with Gasteiger partial charge in [-0.3, -0.25) is 4.68 Å². The third-order valence-electron chi connectivity index (χ3n) is 3.89. The fraction of sp³-hybridized carbons (Fsp3) is 0.235. The Labute approximate surface area is 137 Å². The SMILES string of the molecule is CCC(O)c1cc2ccc(-c3cnc4nn(C)cc4c3)nc2s1. The third kappa shape index (κ3) is 2.50. The maximum Gasteiger partial charge on any atom is 0.181 e. The van der Waals surface area contributed by atoms with Crippen LogP contribution < -0.4 is 0 Å². The van der Waals surface area contributed by atoms with Crippen LogP contribution in [0.3, 0.4) is 0 Å². The van der Waals surface area contributed by atoms with Crippen molar-refractivity contribution >= 4 is 32.6 Å². The van der Waals surface area contributed by atoms with E-state index in [1.807, 2.05) is 38.4 Å². The molecule has 0 saturated heterocycles. The molecule has 1 atom stereocenters. The van der Waals surface area contributed by atoms with Gasteiger partial charge in [-0.15, -0.1) is 11.3 Å². The average Bonchev–Trinajstić information content (AvgIpc) is 3.14. The molecule has 4 aromatic rings. The maximum absolute atomic E-state index is 10.0. The number of thiophene rings is 1. The van der Waals surface area contributed by atoms with E-state index in [9.17, 15) is 5.11 Å². The highest BCUT2D eigenvalue weighted by atomic mass is 32.1. The summed E-state index contributed by atoms with van der Waals surface area (Å²) in [7, 11) is 1.89. The molecule has 0 amide bonds. The first kappa shape index (κ1) is 14.3. The number of nitrogens with zero attached hydrogens (tertiary/aromatic N) is 4. The normalized spacial score (nSPS) is 13.0. The van der Waals surface area contributed by atoms with Crippen molar-refractivity contribution in [3.8, 4) is 11.3 Å². The lowest BCUT2D eigenvalue weighted by Crippen LogP contribution is -1.89. The van der Waals surface area contributed by atoms with Gasteiger partial charge in [0.15, 0.2) is 5.65 Å². The summed E-state index contributed by atoms with van der Waals surface area (Å²) in [5.41, 5.74) is 2.59. The summed E-state index contributed by atoms with van der Waals surface area (Å²) in [5.74, 6) is 0. The van der Waals surface area contributed by atoms with Crippen LogP contribution in [-0.2, 0) is 7.05 Å². The molecule has 5 nitrogen and oxygen atoms in total. The van der Waals surface area contributed by atoms with E-state index in [-0.39, 0.29) is 0 Å². The number of pyridine rings is 2. The Bertz CT molecular complexity index is 1000. The van der Waals surface area contributed by atoms with Crippen molar-refractivity contribution < 1.29 is 5.11 Å². The quantitative estimate of drug-likeness (QED) is 0.624. The van der Waals surface area contributed by atoms with E-state index in [1.54, 1.807) is 22.2 Å². The highest BCUT2D eigenvalue weighted by Gasteiger charge is 2.12. The molecule has 0 aliphatic carbocycles. The zero-order valence-electron chi connectivity index (χ0n) is 12.9. The summed E-state index contributed by atoms with van der Waals surface area (Å²) in [5, 5.41) is 16.4. The van der Waals surface area contributed by atoms with Gasteiger partial charge in [0.05, 0.1) is 11.8 Å². The van der Waals surface area contributed by atoms with Gasteiger partial charge in [-0.05, 0) is 30.7 Å². The van der Waals surface area contributed by atoms with Gasteiger partial charge in [0.2, 0.25) is 0 Å². The molecule has 23 heavy (non-hydrogen) atoms. The van der Waals surface area contributed by atoms with Crippen molar-refractivity contribution in [3.63, 3.8) is 0 Å². The van der Waals surface area contributed by atoms with E-state index >= 15 is 0 Å². The first-order valence-electron chi connectivity index (χ1n) is 7.52. The summed E-state index contributed by atoms with van der Waals surface area (Å²) >= 11 is 1.55. The number of fused-ring (bicyclic) bond motifs is 2. The molecule has 116 valence electrons. The van der Waals surface area contributed by atoms with Crippen LogP contribution in [0.25, 0.3) is 32.5 Å². The zero-order chi connectivity index (χ0) is 16.0. The Balaban J connectivity index is 1.80. The molecule has 0 aromatic carbocycles. The first-order valence-corrected chi connectivity index (χ1v) is 8.34. The first-order chi connectivity index (χ1) is 11.1. The van der Waals surface area contributed by atoms with Gasteiger partial charge in [-0.1, -0.05) is 6.92 Å². The van der Waals surface area contributed by atoms with Gasteiger partial charge in [0.25, 0.3) is 0 Å². The number of aliphatic hydroxyl groups is 1. The highest BCUT2D eigenvalue weighted by Crippen LogP contribution is 2.32. The van der Waals surface area contributed by atoms with Gasteiger partial charge in [-0.2, -0.15) is 5.10 Å². The van der Waals surface area contributed by atoms with E-state index in [4.69, 9.17) is 4.98 Å². The van der Waals surface area contributed by atoms with Crippen molar-refractivity contribution in [2.24, 2.45) is 7.05 Å². The minimum atomic E-state index is -0.411. The molecule has 0 aliphatic heterocycles. The number of rotatable bonds is 3. The van der Waals surface area contributed by atoms with Crippen LogP contribution in [0.2, 0.25) is 0 Å². The second kappa shape index (κ2) is 5.40. The van der Waals surface area contributed by atoms with E-state index in [1.165, 1.54) is 0 Å². The summed E-state index contributed by atoms with van der Waals surface area (Å²) in [6.45, 7) is 1.97. The van der Waals surface area contributed by atoms with Gasteiger partial charge >= 0.3 is 0 Å². The molecule has 6 heteroatoms. The third-order valence-corrected chi connectivity index (χ3v) is 5.03. The van der Waals surface area contributed by atoms with Gasteiger partial charge in [0, 0.05) is 40.7 Å². The molecule has 1 N–H and O–H groups in total. The maximum atomic E-state index is 10.0. The second-order valence-electron chi connectivity index (χ2n) is 5.60. The van der Waals surface area contributed by atoms with Crippen LogP contribution in [0.5, 0.6) is 0 Å². The molecular weight excluding hydrogens is 308 g/mol. The largest absolute Gasteiger partial charge is 0.388 e. The van der Waals surface area contributed by atoms with Crippen molar-refractivity contribution in [3.05, 3.63) is 41.5 Å². The van der Waals surface area contributed by atoms with Crippen LogP contribution >= 0.6 is 11.3 Å². The molecule has 0 fully saturated rings. The molecule has 0 bridgehead atoms. The zero-order valence-corrected chi connectivity index (χ0v) is 13.7. The lowest BCUT2D eigenvalue weighted by atomic mass is 10.1. The average molecular weight is 324 g/mol. The Kier molecular flexibility index (Phi) is 3.36. The van der Waals surface area contributed by atoms with Crippen molar-refractivity contribution in [1.82, 2.24) is 19.7 Å². The predicted octanol–water partition coefficient (Wildman–Crippen LogP) is 3.69. The molecule has 0 radical (unpaired) electrons.